The van der Waals surface area contributed by atoms with Crippen LogP contribution in [-0.4, -0.2) is 18.8 Å². The smallest absolute Gasteiger partial charge is 0.122 e. The molecule has 0 aliphatic carbocycles. The van der Waals surface area contributed by atoms with Crippen LogP contribution in [0.15, 0.2) is 18.2 Å². The second-order valence-electron chi connectivity index (χ2n) is 3.33. The van der Waals surface area contributed by atoms with Crippen LogP contribution in [0.5, 0.6) is 5.75 Å². The van der Waals surface area contributed by atoms with E-state index in [4.69, 9.17) is 9.84 Å². The summed E-state index contributed by atoms with van der Waals surface area (Å²) in [5.74, 6) is 0.997. The third kappa shape index (κ3) is 2.22. The molecule has 0 heterocycles. The van der Waals surface area contributed by atoms with Gasteiger partial charge in [0, 0.05) is 12.5 Å². The molecule has 0 aliphatic heterocycles. The van der Waals surface area contributed by atoms with Crippen molar-refractivity contribution in [2.75, 3.05) is 13.7 Å². The lowest BCUT2D eigenvalue weighted by molar-refractivity contribution is 0.269. The minimum Gasteiger partial charge on any atom is -0.496 e. The summed E-state index contributed by atoms with van der Waals surface area (Å²) in [7, 11) is 1.66. The highest BCUT2D eigenvalue weighted by atomic mass is 16.5. The molecule has 1 rings (SSSR count). The van der Waals surface area contributed by atoms with Gasteiger partial charge in [-0.05, 0) is 24.1 Å². The Morgan fingerprint density at radius 2 is 2.15 bits per heavy atom. The molecule has 1 aromatic carbocycles. The summed E-state index contributed by atoms with van der Waals surface area (Å²) in [6, 6.07) is 6.03. The van der Waals surface area contributed by atoms with Gasteiger partial charge in [-0.2, -0.15) is 0 Å². The fourth-order valence-electron chi connectivity index (χ4n) is 1.32. The second-order valence-corrected chi connectivity index (χ2v) is 3.33. The highest BCUT2D eigenvalue weighted by Crippen LogP contribution is 2.26. The van der Waals surface area contributed by atoms with Crippen molar-refractivity contribution in [3.63, 3.8) is 0 Å². The van der Waals surface area contributed by atoms with Crippen molar-refractivity contribution >= 4 is 0 Å². The molecular weight excluding hydrogens is 164 g/mol. The van der Waals surface area contributed by atoms with E-state index in [-0.39, 0.29) is 12.5 Å². The van der Waals surface area contributed by atoms with E-state index >= 15 is 0 Å². The fraction of sp³-hybridized carbons (Fsp3) is 0.455. The van der Waals surface area contributed by atoms with E-state index < -0.39 is 0 Å². The molecule has 2 heteroatoms. The Morgan fingerprint density at radius 1 is 1.46 bits per heavy atom. The SMILES string of the molecule is COc1cc(C)ccc1C(C)CO. The Balaban J connectivity index is 3.05. The Bertz CT molecular complexity index is 281. The minimum atomic E-state index is 0.135. The molecule has 0 spiro atoms. The molecular formula is C11H16O2. The van der Waals surface area contributed by atoms with Gasteiger partial charge in [0.2, 0.25) is 0 Å². The van der Waals surface area contributed by atoms with Crippen molar-refractivity contribution in [2.45, 2.75) is 19.8 Å². The molecule has 0 saturated carbocycles. The molecule has 1 N–H and O–H groups in total. The van der Waals surface area contributed by atoms with E-state index in [0.29, 0.717) is 0 Å². The average Bonchev–Trinajstić information content (AvgIpc) is 2.16. The molecule has 1 atom stereocenters. The van der Waals surface area contributed by atoms with Crippen molar-refractivity contribution in [3.8, 4) is 5.75 Å². The van der Waals surface area contributed by atoms with E-state index in [0.717, 1.165) is 11.3 Å². The van der Waals surface area contributed by atoms with Crippen LogP contribution < -0.4 is 4.74 Å². The van der Waals surface area contributed by atoms with Crippen LogP contribution in [0.3, 0.4) is 0 Å². The standard InChI is InChI=1S/C11H16O2/c1-8-4-5-10(9(2)7-12)11(6-8)13-3/h4-6,9,12H,7H2,1-3H3. The number of hydrogen-bond acceptors (Lipinski definition) is 2. The molecule has 0 fully saturated rings. The molecule has 2 nitrogen and oxygen atoms in total. The van der Waals surface area contributed by atoms with E-state index in [1.807, 2.05) is 32.0 Å². The highest BCUT2D eigenvalue weighted by molar-refractivity contribution is 5.39. The first kappa shape index (κ1) is 10.1. The molecule has 72 valence electrons. The second kappa shape index (κ2) is 4.28. The summed E-state index contributed by atoms with van der Waals surface area (Å²) in [4.78, 5) is 0. The van der Waals surface area contributed by atoms with Crippen molar-refractivity contribution in [3.05, 3.63) is 29.3 Å². The summed E-state index contributed by atoms with van der Waals surface area (Å²) < 4.78 is 5.24. The molecule has 0 aromatic heterocycles. The number of methoxy groups -OCH3 is 1. The molecule has 0 bridgehead atoms. The molecule has 0 saturated heterocycles. The summed E-state index contributed by atoms with van der Waals surface area (Å²) in [5.41, 5.74) is 2.24. The molecule has 1 unspecified atom stereocenters. The quantitative estimate of drug-likeness (QED) is 0.771. The van der Waals surface area contributed by atoms with Crippen molar-refractivity contribution in [1.82, 2.24) is 0 Å². The zero-order valence-corrected chi connectivity index (χ0v) is 8.37. The number of ether oxygens (including phenoxy) is 1. The summed E-state index contributed by atoms with van der Waals surface area (Å²) in [6.45, 7) is 4.16. The van der Waals surface area contributed by atoms with Crippen molar-refractivity contribution < 1.29 is 9.84 Å². The average molecular weight is 180 g/mol. The Kier molecular flexibility index (Phi) is 3.32. The first-order valence-electron chi connectivity index (χ1n) is 4.44. The summed E-state index contributed by atoms with van der Waals surface area (Å²) >= 11 is 0. The van der Waals surface area contributed by atoms with Gasteiger partial charge in [-0.15, -0.1) is 0 Å². The van der Waals surface area contributed by atoms with Gasteiger partial charge in [0.05, 0.1) is 7.11 Å². The first-order chi connectivity index (χ1) is 6.19. The largest absolute Gasteiger partial charge is 0.496 e. The highest BCUT2D eigenvalue weighted by Gasteiger charge is 2.09. The first-order valence-corrected chi connectivity index (χ1v) is 4.44. The summed E-state index contributed by atoms with van der Waals surface area (Å²) in [5, 5.41) is 9.02. The number of aliphatic hydroxyl groups is 1. The number of benzene rings is 1. The van der Waals surface area contributed by atoms with E-state index in [1.165, 1.54) is 5.56 Å². The number of aliphatic hydroxyl groups excluding tert-OH is 1. The van der Waals surface area contributed by atoms with Crippen LogP contribution in [-0.2, 0) is 0 Å². The van der Waals surface area contributed by atoms with Crippen LogP contribution >= 0.6 is 0 Å². The number of rotatable bonds is 3. The van der Waals surface area contributed by atoms with Crippen molar-refractivity contribution in [2.24, 2.45) is 0 Å². The lowest BCUT2D eigenvalue weighted by Gasteiger charge is -2.13. The number of hydrogen-bond donors (Lipinski definition) is 1. The lowest BCUT2D eigenvalue weighted by atomic mass is 10.00. The van der Waals surface area contributed by atoms with Crippen LogP contribution in [0.1, 0.15) is 24.0 Å². The maximum absolute atomic E-state index is 9.02. The van der Waals surface area contributed by atoms with Gasteiger partial charge in [0.25, 0.3) is 0 Å². The molecule has 0 amide bonds. The normalized spacial score (nSPS) is 12.6. The van der Waals surface area contributed by atoms with Gasteiger partial charge in [-0.1, -0.05) is 19.1 Å². The van der Waals surface area contributed by atoms with Crippen LogP contribution in [0.4, 0.5) is 0 Å². The predicted octanol–water partition coefficient (Wildman–Crippen LogP) is 2.10. The topological polar surface area (TPSA) is 29.5 Å². The van der Waals surface area contributed by atoms with Gasteiger partial charge in [-0.3, -0.25) is 0 Å². The van der Waals surface area contributed by atoms with E-state index in [1.54, 1.807) is 7.11 Å². The Morgan fingerprint density at radius 3 is 2.69 bits per heavy atom. The monoisotopic (exact) mass is 180 g/mol. The molecule has 0 radical (unpaired) electrons. The maximum atomic E-state index is 9.02. The molecule has 0 aliphatic rings. The summed E-state index contributed by atoms with van der Waals surface area (Å²) in [6.07, 6.45) is 0. The van der Waals surface area contributed by atoms with Crippen LogP contribution in [0, 0.1) is 6.92 Å². The van der Waals surface area contributed by atoms with Crippen molar-refractivity contribution in [1.29, 1.82) is 0 Å². The molecule has 1 aromatic rings. The molecule has 13 heavy (non-hydrogen) atoms. The maximum Gasteiger partial charge on any atom is 0.122 e. The van der Waals surface area contributed by atoms with Gasteiger partial charge in [0.15, 0.2) is 0 Å². The lowest BCUT2D eigenvalue weighted by Crippen LogP contribution is -2.01. The Labute approximate surface area is 79.2 Å². The van der Waals surface area contributed by atoms with Gasteiger partial charge in [0.1, 0.15) is 5.75 Å². The third-order valence-corrected chi connectivity index (χ3v) is 2.19. The Hall–Kier alpha value is -1.02. The zero-order chi connectivity index (χ0) is 9.84. The van der Waals surface area contributed by atoms with Crippen LogP contribution in [0.2, 0.25) is 0 Å². The predicted molar refractivity (Wildman–Crippen MR) is 53.2 cm³/mol. The number of aryl methyl sites for hydroxylation is 1. The van der Waals surface area contributed by atoms with Gasteiger partial charge < -0.3 is 9.84 Å². The zero-order valence-electron chi connectivity index (χ0n) is 8.37. The minimum absolute atomic E-state index is 0.135. The fourth-order valence-corrected chi connectivity index (χ4v) is 1.32. The third-order valence-electron chi connectivity index (χ3n) is 2.19. The van der Waals surface area contributed by atoms with Gasteiger partial charge >= 0.3 is 0 Å². The van der Waals surface area contributed by atoms with Gasteiger partial charge in [-0.25, -0.2) is 0 Å². The van der Waals surface area contributed by atoms with Crippen LogP contribution in [0.25, 0.3) is 0 Å². The van der Waals surface area contributed by atoms with E-state index in [9.17, 15) is 0 Å². The van der Waals surface area contributed by atoms with E-state index in [2.05, 4.69) is 0 Å².